The molecule has 122 valence electrons. The van der Waals surface area contributed by atoms with Crippen LogP contribution in [0.3, 0.4) is 0 Å². The van der Waals surface area contributed by atoms with Crippen LogP contribution in [0.15, 0.2) is 10.7 Å². The lowest BCUT2D eigenvalue weighted by Gasteiger charge is -2.45. The van der Waals surface area contributed by atoms with E-state index in [1.807, 2.05) is 0 Å². The fraction of sp³-hybridized carbons (Fsp3) is 0.692. The number of amides is 1. The molecular formula is C13H19N3O5S. The van der Waals surface area contributed by atoms with Gasteiger partial charge in [-0.1, -0.05) is 5.16 Å². The first kappa shape index (κ1) is 15.4. The number of carbonyl (C=O) groups is 1. The summed E-state index contributed by atoms with van der Waals surface area (Å²) in [7, 11) is -3.32. The van der Waals surface area contributed by atoms with Crippen molar-refractivity contribution >= 4 is 15.9 Å². The van der Waals surface area contributed by atoms with E-state index in [-0.39, 0.29) is 18.1 Å². The van der Waals surface area contributed by atoms with Gasteiger partial charge in [0.05, 0.1) is 31.2 Å². The van der Waals surface area contributed by atoms with E-state index in [2.05, 4.69) is 5.16 Å². The minimum Gasteiger partial charge on any atom is -0.375 e. The molecule has 0 aliphatic carbocycles. The number of nitrogens with zero attached hydrogens (tertiary/aromatic N) is 3. The van der Waals surface area contributed by atoms with Crippen LogP contribution in [0.25, 0.3) is 0 Å². The molecule has 2 saturated heterocycles. The number of hydrogen-bond donors (Lipinski definition) is 0. The van der Waals surface area contributed by atoms with Crippen LogP contribution in [-0.4, -0.2) is 73.3 Å². The summed E-state index contributed by atoms with van der Waals surface area (Å²) < 4.78 is 35.9. The van der Waals surface area contributed by atoms with Crippen molar-refractivity contribution in [1.82, 2.24) is 14.4 Å². The van der Waals surface area contributed by atoms with Gasteiger partial charge in [-0.15, -0.1) is 0 Å². The summed E-state index contributed by atoms with van der Waals surface area (Å²) in [5.41, 5.74) is 0.418. The lowest BCUT2D eigenvalue weighted by atomic mass is 10.00. The molecule has 0 unspecified atom stereocenters. The quantitative estimate of drug-likeness (QED) is 0.750. The van der Waals surface area contributed by atoms with Crippen LogP contribution in [-0.2, 0) is 14.8 Å². The summed E-state index contributed by atoms with van der Waals surface area (Å²) >= 11 is 0. The zero-order chi connectivity index (χ0) is 15.9. The van der Waals surface area contributed by atoms with Crippen LogP contribution in [0.5, 0.6) is 0 Å². The van der Waals surface area contributed by atoms with Gasteiger partial charge in [-0.3, -0.25) is 4.79 Å². The first-order chi connectivity index (χ1) is 10.4. The van der Waals surface area contributed by atoms with Gasteiger partial charge in [0.15, 0.2) is 0 Å². The van der Waals surface area contributed by atoms with E-state index in [4.69, 9.17) is 9.26 Å². The zero-order valence-corrected chi connectivity index (χ0v) is 13.4. The third-order valence-corrected chi connectivity index (χ3v) is 5.53. The summed E-state index contributed by atoms with van der Waals surface area (Å²) in [6, 6.07) is -0.332. The minimum absolute atomic E-state index is 0.156. The Bertz CT molecular complexity index is 671. The summed E-state index contributed by atoms with van der Waals surface area (Å²) in [6.07, 6.45) is 3.05. The van der Waals surface area contributed by atoms with Gasteiger partial charge in [-0.25, -0.2) is 8.42 Å². The van der Waals surface area contributed by atoms with E-state index in [1.54, 1.807) is 11.8 Å². The Hall–Kier alpha value is -1.45. The van der Waals surface area contributed by atoms with Crippen molar-refractivity contribution in [3.63, 3.8) is 0 Å². The maximum Gasteiger partial charge on any atom is 0.259 e. The lowest BCUT2D eigenvalue weighted by Crippen LogP contribution is -2.61. The topological polar surface area (TPSA) is 93.0 Å². The second-order valence-corrected chi connectivity index (χ2v) is 7.62. The third-order valence-electron chi connectivity index (χ3n) is 4.23. The fourth-order valence-electron chi connectivity index (χ4n) is 3.11. The third kappa shape index (κ3) is 2.75. The van der Waals surface area contributed by atoms with Gasteiger partial charge < -0.3 is 14.2 Å². The molecule has 1 aromatic rings. The van der Waals surface area contributed by atoms with E-state index in [0.717, 1.165) is 0 Å². The Labute approximate surface area is 129 Å². The Kier molecular flexibility index (Phi) is 3.96. The Balaban J connectivity index is 1.80. The molecule has 22 heavy (non-hydrogen) atoms. The summed E-state index contributed by atoms with van der Waals surface area (Å²) in [6.45, 7) is 3.25. The van der Waals surface area contributed by atoms with E-state index in [0.29, 0.717) is 44.0 Å². The van der Waals surface area contributed by atoms with Crippen LogP contribution in [0.1, 0.15) is 22.5 Å². The zero-order valence-electron chi connectivity index (χ0n) is 12.6. The molecule has 0 aromatic carbocycles. The van der Waals surface area contributed by atoms with Crippen molar-refractivity contribution in [3.05, 3.63) is 17.5 Å². The minimum atomic E-state index is -3.32. The van der Waals surface area contributed by atoms with Gasteiger partial charge in [0.25, 0.3) is 5.91 Å². The molecule has 0 saturated carbocycles. The number of ether oxygens (including phenoxy) is 1. The van der Waals surface area contributed by atoms with Crippen molar-refractivity contribution in [2.24, 2.45) is 0 Å². The molecule has 9 heteroatoms. The van der Waals surface area contributed by atoms with Crippen molar-refractivity contribution in [3.8, 4) is 0 Å². The number of likely N-dealkylation sites (tertiary alicyclic amines) is 1. The normalized spacial score (nSPS) is 26.7. The largest absolute Gasteiger partial charge is 0.375 e. The first-order valence-electron chi connectivity index (χ1n) is 7.17. The molecule has 2 aliphatic heterocycles. The van der Waals surface area contributed by atoms with Gasteiger partial charge in [0.2, 0.25) is 10.0 Å². The fourth-order valence-corrected chi connectivity index (χ4v) is 4.21. The van der Waals surface area contributed by atoms with Gasteiger partial charge in [-0.2, -0.15) is 4.31 Å². The molecule has 0 bridgehead atoms. The van der Waals surface area contributed by atoms with Crippen LogP contribution in [0, 0.1) is 6.92 Å². The second kappa shape index (κ2) is 5.64. The monoisotopic (exact) mass is 329 g/mol. The molecule has 3 rings (SSSR count). The van der Waals surface area contributed by atoms with Gasteiger partial charge >= 0.3 is 0 Å². The number of aryl methyl sites for hydroxylation is 1. The van der Waals surface area contributed by atoms with E-state index in [9.17, 15) is 13.2 Å². The molecule has 0 N–H and O–H groups in total. The predicted molar refractivity (Wildman–Crippen MR) is 76.8 cm³/mol. The average molecular weight is 329 g/mol. The highest BCUT2D eigenvalue weighted by molar-refractivity contribution is 7.88. The maximum absolute atomic E-state index is 12.5. The Morgan fingerprint density at radius 2 is 2.18 bits per heavy atom. The molecule has 3 heterocycles. The summed E-state index contributed by atoms with van der Waals surface area (Å²) in [4.78, 5) is 14.2. The van der Waals surface area contributed by atoms with Crippen molar-refractivity contribution in [2.75, 3.05) is 32.5 Å². The molecule has 2 fully saturated rings. The summed E-state index contributed by atoms with van der Waals surface area (Å²) in [5.74, 6) is 0.281. The Morgan fingerprint density at radius 3 is 2.82 bits per heavy atom. The summed E-state index contributed by atoms with van der Waals surface area (Å²) in [5, 5.41) is 3.62. The van der Waals surface area contributed by atoms with Gasteiger partial charge in [-0.05, 0) is 13.3 Å². The number of sulfonamides is 1. The van der Waals surface area contributed by atoms with Crippen LogP contribution < -0.4 is 0 Å². The second-order valence-electron chi connectivity index (χ2n) is 5.69. The lowest BCUT2D eigenvalue weighted by molar-refractivity contribution is -0.0704. The molecule has 0 spiro atoms. The number of rotatable bonds is 2. The maximum atomic E-state index is 12.5. The average Bonchev–Trinajstić information content (AvgIpc) is 2.90. The van der Waals surface area contributed by atoms with Crippen LogP contribution in [0.4, 0.5) is 0 Å². The van der Waals surface area contributed by atoms with Gasteiger partial charge in [0.1, 0.15) is 11.3 Å². The van der Waals surface area contributed by atoms with Gasteiger partial charge in [0, 0.05) is 19.6 Å². The first-order valence-corrected chi connectivity index (χ1v) is 9.01. The molecule has 1 amide bonds. The number of carbonyl (C=O) groups excluding carboxylic acids is 1. The highest BCUT2D eigenvalue weighted by Crippen LogP contribution is 2.26. The SMILES string of the molecule is Cc1oncc1C(=O)N1CC[C@H]2OCCN(S(C)(=O)=O)[C@@H]2C1. The van der Waals surface area contributed by atoms with E-state index >= 15 is 0 Å². The van der Waals surface area contributed by atoms with Crippen LogP contribution in [0.2, 0.25) is 0 Å². The standard InChI is InChI=1S/C13H19N3O5S/c1-9-10(7-14-21-9)13(17)15-4-3-12-11(8-15)16(5-6-20-12)22(2,18)19/h7,11-12H,3-6,8H2,1-2H3/t11-,12-/m1/s1. The number of morpholine rings is 1. The number of hydrogen-bond acceptors (Lipinski definition) is 6. The van der Waals surface area contributed by atoms with E-state index in [1.165, 1.54) is 16.8 Å². The molecular weight excluding hydrogens is 310 g/mol. The highest BCUT2D eigenvalue weighted by atomic mass is 32.2. The molecule has 2 aliphatic rings. The van der Waals surface area contributed by atoms with Crippen LogP contribution >= 0.6 is 0 Å². The predicted octanol–water partition coefficient (Wildman–Crippen LogP) is -0.142. The van der Waals surface area contributed by atoms with Crippen molar-refractivity contribution in [1.29, 1.82) is 0 Å². The number of fused-ring (bicyclic) bond motifs is 1. The molecule has 0 radical (unpaired) electrons. The molecule has 1 aromatic heterocycles. The Morgan fingerprint density at radius 1 is 1.41 bits per heavy atom. The number of aromatic nitrogens is 1. The molecule has 2 atom stereocenters. The van der Waals surface area contributed by atoms with E-state index < -0.39 is 10.0 Å². The smallest absolute Gasteiger partial charge is 0.259 e. The molecule has 8 nitrogen and oxygen atoms in total. The van der Waals surface area contributed by atoms with Crippen molar-refractivity contribution in [2.45, 2.75) is 25.5 Å². The highest BCUT2D eigenvalue weighted by Gasteiger charge is 2.42. The van der Waals surface area contributed by atoms with Crippen molar-refractivity contribution < 1.29 is 22.5 Å². The number of piperidine rings is 1.